The van der Waals surface area contributed by atoms with Gasteiger partial charge in [0.15, 0.2) is 11.7 Å². The molecule has 0 saturated heterocycles. The van der Waals surface area contributed by atoms with Crippen molar-refractivity contribution >= 4 is 0 Å². The molecule has 0 saturated carbocycles. The molecule has 0 spiro atoms. The minimum atomic E-state index is -1.81. The molecule has 1 aromatic rings. The number of hydrogen-bond acceptors (Lipinski definition) is 2. The Hall–Kier alpha value is -1.74. The third kappa shape index (κ3) is 1.63. The average molecular weight is 186 g/mol. The maximum Gasteiger partial charge on any atom is 0.188 e. The highest BCUT2D eigenvalue weighted by atomic mass is 16.3. The van der Waals surface area contributed by atoms with Gasteiger partial charge in [-0.05, 0) is 5.56 Å². The van der Waals surface area contributed by atoms with Gasteiger partial charge in [-0.2, -0.15) is 0 Å². The van der Waals surface area contributed by atoms with Gasteiger partial charge in [0.25, 0.3) is 0 Å². The van der Waals surface area contributed by atoms with Crippen LogP contribution >= 0.6 is 0 Å². The number of rotatable bonds is 2. The number of benzene rings is 1. The van der Waals surface area contributed by atoms with E-state index >= 15 is 0 Å². The number of terminal acetylenes is 2. The average Bonchev–Trinajstić information content (AvgIpc) is 2.28. The van der Waals surface area contributed by atoms with Crippen LogP contribution in [0.4, 0.5) is 0 Å². The van der Waals surface area contributed by atoms with Crippen LogP contribution in [-0.4, -0.2) is 16.3 Å². The van der Waals surface area contributed by atoms with E-state index in [-0.39, 0.29) is 0 Å². The predicted molar refractivity (Wildman–Crippen MR) is 54.0 cm³/mol. The minimum Gasteiger partial charge on any atom is -0.376 e. The molecule has 0 aliphatic rings. The largest absolute Gasteiger partial charge is 0.376 e. The van der Waals surface area contributed by atoms with Crippen LogP contribution in [0.2, 0.25) is 0 Å². The summed E-state index contributed by atoms with van der Waals surface area (Å²) in [6.45, 7) is 0. The molecule has 1 aromatic carbocycles. The summed E-state index contributed by atoms with van der Waals surface area (Å²) in [4.78, 5) is 0. The molecule has 14 heavy (non-hydrogen) atoms. The molecule has 2 nitrogen and oxygen atoms in total. The first-order chi connectivity index (χ1) is 6.65. The van der Waals surface area contributed by atoms with Crippen LogP contribution in [0.25, 0.3) is 0 Å². The minimum absolute atomic E-state index is 0.410. The summed E-state index contributed by atoms with van der Waals surface area (Å²) in [6.07, 6.45) is 8.77. The molecule has 0 heterocycles. The van der Waals surface area contributed by atoms with Crippen molar-refractivity contribution in [3.05, 3.63) is 35.9 Å². The third-order valence-corrected chi connectivity index (χ3v) is 1.99. The number of hydrogen-bond donors (Lipinski definition) is 2. The van der Waals surface area contributed by atoms with E-state index in [4.69, 9.17) is 12.8 Å². The van der Waals surface area contributed by atoms with E-state index in [0.717, 1.165) is 0 Å². The zero-order valence-corrected chi connectivity index (χ0v) is 7.51. The van der Waals surface area contributed by atoms with Crippen molar-refractivity contribution < 1.29 is 10.2 Å². The second-order valence-corrected chi connectivity index (χ2v) is 2.85. The molecule has 0 bridgehead atoms. The Bertz CT molecular complexity index is 383. The van der Waals surface area contributed by atoms with Crippen LogP contribution in [0.15, 0.2) is 30.3 Å². The Labute approximate surface area is 83.2 Å². The van der Waals surface area contributed by atoms with Crippen LogP contribution in [0, 0.1) is 24.7 Å². The normalized spacial score (nSPS) is 16.0. The van der Waals surface area contributed by atoms with Gasteiger partial charge in [-0.25, -0.2) is 0 Å². The fraction of sp³-hybridized carbons (Fsp3) is 0.167. The second-order valence-electron chi connectivity index (χ2n) is 2.85. The predicted octanol–water partition coefficient (Wildman–Crippen LogP) is 0.502. The topological polar surface area (TPSA) is 40.5 Å². The fourth-order valence-electron chi connectivity index (χ4n) is 1.13. The summed E-state index contributed by atoms with van der Waals surface area (Å²) in [5.74, 6) is 4.13. The zero-order chi connectivity index (χ0) is 10.6. The quantitative estimate of drug-likeness (QED) is 0.660. The molecule has 1 rings (SSSR count). The van der Waals surface area contributed by atoms with E-state index in [1.807, 2.05) is 5.92 Å². The Kier molecular flexibility index (Phi) is 2.94. The maximum atomic E-state index is 9.93. The molecule has 70 valence electrons. The van der Waals surface area contributed by atoms with Crippen molar-refractivity contribution in [2.45, 2.75) is 11.7 Å². The monoisotopic (exact) mass is 186 g/mol. The van der Waals surface area contributed by atoms with Crippen LogP contribution < -0.4 is 0 Å². The van der Waals surface area contributed by atoms with Crippen LogP contribution in [0.3, 0.4) is 0 Å². The van der Waals surface area contributed by atoms with E-state index < -0.39 is 11.7 Å². The second kappa shape index (κ2) is 3.98. The first kappa shape index (κ1) is 10.3. The molecule has 0 aromatic heterocycles. The van der Waals surface area contributed by atoms with Crippen LogP contribution in [0.1, 0.15) is 5.56 Å². The molecule has 0 aliphatic heterocycles. The molecule has 0 aliphatic carbocycles. The van der Waals surface area contributed by atoms with Gasteiger partial charge in [0.2, 0.25) is 0 Å². The molecular weight excluding hydrogens is 176 g/mol. The first-order valence-corrected chi connectivity index (χ1v) is 4.05. The molecule has 0 fully saturated rings. The van der Waals surface area contributed by atoms with Gasteiger partial charge >= 0.3 is 0 Å². The van der Waals surface area contributed by atoms with Gasteiger partial charge in [0.1, 0.15) is 0 Å². The summed E-state index contributed by atoms with van der Waals surface area (Å²) < 4.78 is 0. The highest BCUT2D eigenvalue weighted by Crippen LogP contribution is 2.23. The Balaban J connectivity index is 3.18. The number of aliphatic hydroxyl groups excluding tert-OH is 1. The lowest BCUT2D eigenvalue weighted by Crippen LogP contribution is -2.37. The number of aliphatic hydroxyl groups is 2. The van der Waals surface area contributed by atoms with E-state index in [1.54, 1.807) is 30.3 Å². The third-order valence-electron chi connectivity index (χ3n) is 1.99. The van der Waals surface area contributed by atoms with Crippen molar-refractivity contribution in [2.75, 3.05) is 0 Å². The van der Waals surface area contributed by atoms with E-state index in [2.05, 4.69) is 5.92 Å². The van der Waals surface area contributed by atoms with Crippen LogP contribution in [0.5, 0.6) is 0 Å². The lowest BCUT2D eigenvalue weighted by molar-refractivity contribution is -0.00463. The van der Waals surface area contributed by atoms with Gasteiger partial charge in [0.05, 0.1) is 0 Å². The van der Waals surface area contributed by atoms with E-state index in [1.165, 1.54) is 0 Å². The van der Waals surface area contributed by atoms with Gasteiger partial charge in [0, 0.05) is 0 Å². The first-order valence-electron chi connectivity index (χ1n) is 4.05. The van der Waals surface area contributed by atoms with Crippen molar-refractivity contribution in [2.24, 2.45) is 0 Å². The molecule has 0 radical (unpaired) electrons. The standard InChI is InChI=1S/C12H10O2/c1-3-11(13)12(14,4-2)10-8-6-5-7-9-10/h1-2,5-9,11,13-14H/t11-,12-/m1/s1. The summed E-state index contributed by atoms with van der Waals surface area (Å²) in [7, 11) is 0. The van der Waals surface area contributed by atoms with Crippen molar-refractivity contribution in [1.29, 1.82) is 0 Å². The van der Waals surface area contributed by atoms with Gasteiger partial charge in [-0.15, -0.1) is 12.8 Å². The maximum absolute atomic E-state index is 9.93. The molecule has 0 amide bonds. The highest BCUT2D eigenvalue weighted by Gasteiger charge is 2.34. The lowest BCUT2D eigenvalue weighted by atomic mass is 9.89. The Morgan fingerprint density at radius 3 is 2.21 bits per heavy atom. The Morgan fingerprint density at radius 1 is 1.21 bits per heavy atom. The van der Waals surface area contributed by atoms with Crippen LogP contribution in [-0.2, 0) is 5.60 Å². The summed E-state index contributed by atoms with van der Waals surface area (Å²) in [5.41, 5.74) is -1.40. The molecular formula is C12H10O2. The van der Waals surface area contributed by atoms with Gasteiger partial charge in [-0.3, -0.25) is 0 Å². The van der Waals surface area contributed by atoms with E-state index in [9.17, 15) is 10.2 Å². The molecule has 2 heteroatoms. The summed E-state index contributed by atoms with van der Waals surface area (Å²) in [6, 6.07) is 8.42. The SMILES string of the molecule is C#C[C@@H](O)[C@@](O)(C#C)c1ccccc1. The van der Waals surface area contributed by atoms with Crippen molar-refractivity contribution in [1.82, 2.24) is 0 Å². The zero-order valence-electron chi connectivity index (χ0n) is 7.51. The summed E-state index contributed by atoms with van der Waals surface area (Å²) >= 11 is 0. The van der Waals surface area contributed by atoms with Gasteiger partial charge in [-0.1, -0.05) is 42.2 Å². The Morgan fingerprint density at radius 2 is 1.79 bits per heavy atom. The van der Waals surface area contributed by atoms with E-state index in [0.29, 0.717) is 5.56 Å². The highest BCUT2D eigenvalue weighted by molar-refractivity contribution is 5.34. The smallest absolute Gasteiger partial charge is 0.188 e. The summed E-state index contributed by atoms with van der Waals surface area (Å²) in [5, 5.41) is 19.3. The molecule has 2 atom stereocenters. The lowest BCUT2D eigenvalue weighted by Gasteiger charge is -2.24. The van der Waals surface area contributed by atoms with Crippen molar-refractivity contribution in [3.8, 4) is 24.7 Å². The van der Waals surface area contributed by atoms with Crippen molar-refractivity contribution in [3.63, 3.8) is 0 Å². The fourth-order valence-corrected chi connectivity index (χ4v) is 1.13. The molecule has 0 unspecified atom stereocenters. The molecule has 2 N–H and O–H groups in total. The van der Waals surface area contributed by atoms with Gasteiger partial charge < -0.3 is 10.2 Å².